The van der Waals surface area contributed by atoms with E-state index in [-0.39, 0.29) is 5.78 Å². The van der Waals surface area contributed by atoms with Gasteiger partial charge >= 0.3 is 0 Å². The van der Waals surface area contributed by atoms with Gasteiger partial charge in [0, 0.05) is 17.0 Å². The third kappa shape index (κ3) is 3.43. The van der Waals surface area contributed by atoms with E-state index in [9.17, 15) is 4.79 Å². The van der Waals surface area contributed by atoms with Gasteiger partial charge in [-0.3, -0.25) is 4.79 Å². The lowest BCUT2D eigenvalue weighted by Crippen LogP contribution is -2.32. The Hall–Kier alpha value is -1.55. The van der Waals surface area contributed by atoms with Gasteiger partial charge in [-0.1, -0.05) is 46.3 Å². The summed E-state index contributed by atoms with van der Waals surface area (Å²) < 4.78 is 11.2. The van der Waals surface area contributed by atoms with Crippen molar-refractivity contribution in [2.45, 2.75) is 25.2 Å². The molecule has 1 aliphatic carbocycles. The molecule has 1 aliphatic rings. The standard InChI is InChI=1S/C18H21BrO3/c1-14(20)18(9-4-3-5-10-18)16-8-7-15(13-17(16)21-2)22-12-6-11-19/h3-5,7-9,13H,6,10-12H2,1-2H3. The molecule has 0 spiro atoms. The van der Waals surface area contributed by atoms with Crippen molar-refractivity contribution in [1.29, 1.82) is 0 Å². The second-order valence-electron chi connectivity index (χ2n) is 5.27. The van der Waals surface area contributed by atoms with Crippen LogP contribution in [0.3, 0.4) is 0 Å². The van der Waals surface area contributed by atoms with E-state index in [0.717, 1.165) is 23.1 Å². The minimum atomic E-state index is -0.644. The molecule has 0 heterocycles. The fourth-order valence-electron chi connectivity index (χ4n) is 2.65. The summed E-state index contributed by atoms with van der Waals surface area (Å²) in [6.07, 6.45) is 9.45. The lowest BCUT2D eigenvalue weighted by Gasteiger charge is -2.30. The minimum absolute atomic E-state index is 0.111. The first-order valence-electron chi connectivity index (χ1n) is 7.37. The summed E-state index contributed by atoms with van der Waals surface area (Å²) in [6, 6.07) is 5.70. The number of alkyl halides is 1. The number of benzene rings is 1. The van der Waals surface area contributed by atoms with Crippen LogP contribution in [-0.2, 0) is 10.2 Å². The third-order valence-corrected chi connectivity index (χ3v) is 4.46. The molecule has 3 nitrogen and oxygen atoms in total. The summed E-state index contributed by atoms with van der Waals surface area (Å²) >= 11 is 3.38. The van der Waals surface area contributed by atoms with Crippen LogP contribution in [0.5, 0.6) is 11.5 Å². The second kappa shape index (κ2) is 7.63. The van der Waals surface area contributed by atoms with Crippen molar-refractivity contribution < 1.29 is 14.3 Å². The zero-order valence-corrected chi connectivity index (χ0v) is 14.6. The zero-order chi connectivity index (χ0) is 16.0. The van der Waals surface area contributed by atoms with Gasteiger partial charge in [0.05, 0.1) is 19.1 Å². The van der Waals surface area contributed by atoms with Gasteiger partial charge in [0.15, 0.2) is 0 Å². The number of carbonyl (C=O) groups excluding carboxylic acids is 1. The molecule has 1 aromatic carbocycles. The van der Waals surface area contributed by atoms with E-state index in [1.54, 1.807) is 14.0 Å². The van der Waals surface area contributed by atoms with Gasteiger partial charge in [-0.25, -0.2) is 0 Å². The fraction of sp³-hybridized carbons (Fsp3) is 0.389. The number of methoxy groups -OCH3 is 1. The molecule has 1 atom stereocenters. The smallest absolute Gasteiger partial charge is 0.144 e. The number of hydrogen-bond acceptors (Lipinski definition) is 3. The zero-order valence-electron chi connectivity index (χ0n) is 13.0. The first-order valence-corrected chi connectivity index (χ1v) is 8.49. The largest absolute Gasteiger partial charge is 0.496 e. The topological polar surface area (TPSA) is 35.5 Å². The first kappa shape index (κ1) is 16.8. The van der Waals surface area contributed by atoms with Gasteiger partial charge in [-0.15, -0.1) is 0 Å². The van der Waals surface area contributed by atoms with Gasteiger partial charge < -0.3 is 9.47 Å². The van der Waals surface area contributed by atoms with Crippen molar-refractivity contribution >= 4 is 21.7 Å². The van der Waals surface area contributed by atoms with Gasteiger partial charge in [0.25, 0.3) is 0 Å². The van der Waals surface area contributed by atoms with E-state index in [4.69, 9.17) is 9.47 Å². The van der Waals surface area contributed by atoms with Gasteiger partial charge in [-0.2, -0.15) is 0 Å². The molecule has 118 valence electrons. The van der Waals surface area contributed by atoms with E-state index in [1.807, 2.05) is 42.5 Å². The second-order valence-corrected chi connectivity index (χ2v) is 6.07. The Morgan fingerprint density at radius 2 is 2.18 bits per heavy atom. The summed E-state index contributed by atoms with van der Waals surface area (Å²) in [5, 5.41) is 0.910. The van der Waals surface area contributed by atoms with Gasteiger partial charge in [0.1, 0.15) is 17.3 Å². The Balaban J connectivity index is 2.35. The molecule has 1 unspecified atom stereocenters. The highest BCUT2D eigenvalue weighted by molar-refractivity contribution is 9.09. The molecule has 22 heavy (non-hydrogen) atoms. The van der Waals surface area contributed by atoms with Crippen LogP contribution in [0.2, 0.25) is 0 Å². The SMILES string of the molecule is COc1cc(OCCCBr)ccc1C1(C(C)=O)C=CC=CC1. The summed E-state index contributed by atoms with van der Waals surface area (Å²) in [7, 11) is 1.62. The predicted molar refractivity (Wildman–Crippen MR) is 92.2 cm³/mol. The quantitative estimate of drug-likeness (QED) is 0.537. The molecule has 0 N–H and O–H groups in total. The van der Waals surface area contributed by atoms with E-state index in [2.05, 4.69) is 15.9 Å². The Morgan fingerprint density at radius 1 is 1.36 bits per heavy atom. The van der Waals surface area contributed by atoms with Crippen LogP contribution < -0.4 is 9.47 Å². The average molecular weight is 365 g/mol. The molecule has 2 rings (SSSR count). The van der Waals surface area contributed by atoms with Crippen LogP contribution in [-0.4, -0.2) is 24.8 Å². The van der Waals surface area contributed by atoms with E-state index in [1.165, 1.54) is 0 Å². The third-order valence-electron chi connectivity index (χ3n) is 3.90. The highest BCUT2D eigenvalue weighted by atomic mass is 79.9. The Bertz CT molecular complexity index is 592. The van der Waals surface area contributed by atoms with Crippen LogP contribution in [0.1, 0.15) is 25.3 Å². The maximum Gasteiger partial charge on any atom is 0.144 e. The van der Waals surface area contributed by atoms with Gasteiger partial charge in [-0.05, 0) is 25.8 Å². The maximum atomic E-state index is 12.3. The number of hydrogen-bond donors (Lipinski definition) is 0. The number of allylic oxidation sites excluding steroid dienone is 4. The first-order chi connectivity index (χ1) is 10.6. The summed E-state index contributed by atoms with van der Waals surface area (Å²) in [5.74, 6) is 1.56. The van der Waals surface area contributed by atoms with Crippen molar-refractivity contribution in [3.8, 4) is 11.5 Å². The van der Waals surface area contributed by atoms with E-state index < -0.39 is 5.41 Å². The summed E-state index contributed by atoms with van der Waals surface area (Å²) in [6.45, 7) is 2.28. The van der Waals surface area contributed by atoms with Crippen LogP contribution in [0.15, 0.2) is 42.5 Å². The fourth-order valence-corrected chi connectivity index (χ4v) is 2.87. The molecule has 0 saturated heterocycles. The molecule has 0 amide bonds. The molecule has 0 fully saturated rings. The monoisotopic (exact) mass is 364 g/mol. The number of halogens is 1. The highest BCUT2D eigenvalue weighted by Crippen LogP contribution is 2.40. The van der Waals surface area contributed by atoms with Crippen molar-refractivity contribution in [3.05, 3.63) is 48.1 Å². The highest BCUT2D eigenvalue weighted by Gasteiger charge is 2.37. The van der Waals surface area contributed by atoms with Crippen LogP contribution >= 0.6 is 15.9 Å². The maximum absolute atomic E-state index is 12.3. The van der Waals surface area contributed by atoms with E-state index in [0.29, 0.717) is 18.8 Å². The van der Waals surface area contributed by atoms with Crippen LogP contribution in [0, 0.1) is 0 Å². The number of Topliss-reactive ketones (excluding diaryl/α,β-unsaturated/α-hetero) is 1. The van der Waals surface area contributed by atoms with Crippen molar-refractivity contribution in [2.75, 3.05) is 19.0 Å². The number of rotatable bonds is 7. The van der Waals surface area contributed by atoms with Crippen molar-refractivity contribution in [1.82, 2.24) is 0 Å². The normalized spacial score (nSPS) is 20.0. The molecule has 0 saturated carbocycles. The van der Waals surface area contributed by atoms with Crippen molar-refractivity contribution in [2.24, 2.45) is 0 Å². The Morgan fingerprint density at radius 3 is 2.77 bits per heavy atom. The molecular weight excluding hydrogens is 344 g/mol. The van der Waals surface area contributed by atoms with Crippen LogP contribution in [0.4, 0.5) is 0 Å². The molecule has 1 aromatic rings. The average Bonchev–Trinajstić information content (AvgIpc) is 2.55. The lowest BCUT2D eigenvalue weighted by molar-refractivity contribution is -0.120. The number of carbonyl (C=O) groups is 1. The molecule has 0 aromatic heterocycles. The molecular formula is C18H21BrO3. The Labute approximate surface area is 140 Å². The van der Waals surface area contributed by atoms with E-state index >= 15 is 0 Å². The molecule has 0 aliphatic heterocycles. The minimum Gasteiger partial charge on any atom is -0.496 e. The number of ketones is 1. The lowest BCUT2D eigenvalue weighted by atomic mass is 9.72. The summed E-state index contributed by atoms with van der Waals surface area (Å²) in [5.41, 5.74) is 0.241. The molecule has 0 radical (unpaired) electrons. The number of ether oxygens (including phenoxy) is 2. The predicted octanol–water partition coefficient (Wildman–Crippen LogP) is 4.20. The van der Waals surface area contributed by atoms with Crippen molar-refractivity contribution in [3.63, 3.8) is 0 Å². The molecule has 0 bridgehead atoms. The Kier molecular flexibility index (Phi) is 5.83. The summed E-state index contributed by atoms with van der Waals surface area (Å²) in [4.78, 5) is 12.3. The molecule has 4 heteroatoms. The van der Waals surface area contributed by atoms with Gasteiger partial charge in [0.2, 0.25) is 0 Å². The van der Waals surface area contributed by atoms with Crippen LogP contribution in [0.25, 0.3) is 0 Å².